The number of piperazine rings is 1. The van der Waals surface area contributed by atoms with Crippen LogP contribution in [-0.4, -0.2) is 52.9 Å². The Kier molecular flexibility index (Phi) is 7.42. The van der Waals surface area contributed by atoms with Gasteiger partial charge in [-0.15, -0.1) is 0 Å². The molecule has 1 fully saturated rings. The number of rotatable bonds is 7. The first-order valence-electron chi connectivity index (χ1n) is 11.0. The fraction of sp³-hybridized carbons (Fsp3) is 0.320. The highest BCUT2D eigenvalue weighted by Gasteiger charge is 2.26. The molecular weight excluding hydrogens is 440 g/mol. The maximum Gasteiger partial charge on any atom is 0.253 e. The minimum Gasteiger partial charge on any atom is -0.360 e. The molecule has 0 aliphatic carbocycles. The van der Waals surface area contributed by atoms with Crippen molar-refractivity contribution in [2.24, 2.45) is 0 Å². The van der Waals surface area contributed by atoms with Crippen molar-refractivity contribution in [3.8, 4) is 0 Å². The van der Waals surface area contributed by atoms with E-state index in [0.29, 0.717) is 30.2 Å². The lowest BCUT2D eigenvalue weighted by Gasteiger charge is -2.35. The Balaban J connectivity index is 1.38. The number of aryl methyl sites for hydroxylation is 1. The predicted molar refractivity (Wildman–Crippen MR) is 126 cm³/mol. The number of carbonyl (C=O) groups is 2. The summed E-state index contributed by atoms with van der Waals surface area (Å²) in [7, 11) is 0. The Morgan fingerprint density at radius 2 is 1.76 bits per heavy atom. The second kappa shape index (κ2) is 10.6. The number of aromatic nitrogens is 1. The summed E-state index contributed by atoms with van der Waals surface area (Å²) in [6.45, 7) is 5.36. The molecule has 1 unspecified atom stereocenters. The summed E-state index contributed by atoms with van der Waals surface area (Å²) in [5.41, 5.74) is 2.14. The lowest BCUT2D eigenvalue weighted by Crippen LogP contribution is -2.49. The van der Waals surface area contributed by atoms with Crippen molar-refractivity contribution in [1.29, 1.82) is 0 Å². The molecule has 33 heavy (non-hydrogen) atoms. The minimum atomic E-state index is -0.447. The van der Waals surface area contributed by atoms with Crippen molar-refractivity contribution in [3.63, 3.8) is 0 Å². The van der Waals surface area contributed by atoms with Crippen LogP contribution in [0.4, 0.5) is 0 Å². The van der Waals surface area contributed by atoms with Crippen molar-refractivity contribution < 1.29 is 14.1 Å². The molecule has 8 heteroatoms. The molecule has 0 spiro atoms. The zero-order valence-electron chi connectivity index (χ0n) is 18.5. The highest BCUT2D eigenvalue weighted by Crippen LogP contribution is 2.22. The third kappa shape index (κ3) is 6.00. The average molecular weight is 467 g/mol. The molecular formula is C25H27ClN4O3. The first kappa shape index (κ1) is 23.0. The molecule has 1 aliphatic rings. The number of amides is 2. The van der Waals surface area contributed by atoms with Gasteiger partial charge in [-0.3, -0.25) is 14.5 Å². The number of carbonyl (C=O) groups excluding carboxylic acids is 2. The molecule has 1 aliphatic heterocycles. The van der Waals surface area contributed by atoms with Gasteiger partial charge >= 0.3 is 0 Å². The van der Waals surface area contributed by atoms with E-state index in [9.17, 15) is 9.59 Å². The minimum absolute atomic E-state index is 0.0125. The summed E-state index contributed by atoms with van der Waals surface area (Å²) in [4.78, 5) is 30.1. The lowest BCUT2D eigenvalue weighted by molar-refractivity contribution is -0.133. The molecule has 4 rings (SSSR count). The van der Waals surface area contributed by atoms with E-state index in [2.05, 4.69) is 15.4 Å². The first-order valence-corrected chi connectivity index (χ1v) is 11.4. The van der Waals surface area contributed by atoms with E-state index in [1.54, 1.807) is 24.3 Å². The molecule has 172 valence electrons. The van der Waals surface area contributed by atoms with Crippen molar-refractivity contribution in [1.82, 2.24) is 20.3 Å². The van der Waals surface area contributed by atoms with Crippen LogP contribution >= 0.6 is 11.6 Å². The van der Waals surface area contributed by atoms with Crippen molar-refractivity contribution in [2.75, 3.05) is 26.2 Å². The zero-order chi connectivity index (χ0) is 23.2. The predicted octanol–water partition coefficient (Wildman–Crippen LogP) is 3.84. The fourth-order valence-corrected chi connectivity index (χ4v) is 4.21. The van der Waals surface area contributed by atoms with Gasteiger partial charge < -0.3 is 14.7 Å². The Morgan fingerprint density at radius 1 is 1.06 bits per heavy atom. The van der Waals surface area contributed by atoms with E-state index >= 15 is 0 Å². The summed E-state index contributed by atoms with van der Waals surface area (Å²) in [5.74, 6) is 0.548. The maximum absolute atomic E-state index is 13.1. The topological polar surface area (TPSA) is 78.7 Å². The Bertz CT molecular complexity index is 1090. The summed E-state index contributed by atoms with van der Waals surface area (Å²) < 4.78 is 5.30. The molecule has 7 nitrogen and oxygen atoms in total. The van der Waals surface area contributed by atoms with Gasteiger partial charge in [0.05, 0.1) is 35.3 Å². The molecule has 1 saturated heterocycles. The monoisotopic (exact) mass is 466 g/mol. The highest BCUT2D eigenvalue weighted by atomic mass is 35.5. The molecule has 1 aromatic heterocycles. The second-order valence-corrected chi connectivity index (χ2v) is 8.62. The van der Waals surface area contributed by atoms with E-state index < -0.39 is 6.04 Å². The van der Waals surface area contributed by atoms with Gasteiger partial charge in [-0.1, -0.05) is 59.2 Å². The fourth-order valence-electron chi connectivity index (χ4n) is 3.99. The first-order chi connectivity index (χ1) is 16.0. The molecule has 0 saturated carbocycles. The van der Waals surface area contributed by atoms with Gasteiger partial charge in [-0.2, -0.15) is 0 Å². The smallest absolute Gasteiger partial charge is 0.253 e. The van der Waals surface area contributed by atoms with Crippen LogP contribution in [0.5, 0.6) is 0 Å². The maximum atomic E-state index is 13.1. The van der Waals surface area contributed by atoms with Crippen LogP contribution in [0.2, 0.25) is 5.02 Å². The quantitative estimate of drug-likeness (QED) is 0.572. The van der Waals surface area contributed by atoms with E-state index in [1.807, 2.05) is 48.2 Å². The highest BCUT2D eigenvalue weighted by molar-refractivity contribution is 6.33. The van der Waals surface area contributed by atoms with Crippen LogP contribution in [0.1, 0.15) is 39.8 Å². The van der Waals surface area contributed by atoms with Gasteiger partial charge in [0.25, 0.3) is 5.91 Å². The molecule has 2 aromatic carbocycles. The Morgan fingerprint density at radius 3 is 2.42 bits per heavy atom. The van der Waals surface area contributed by atoms with Gasteiger partial charge in [-0.25, -0.2) is 0 Å². The molecule has 1 atom stereocenters. The average Bonchev–Trinajstić information content (AvgIpc) is 3.24. The van der Waals surface area contributed by atoms with Gasteiger partial charge in [0.2, 0.25) is 5.91 Å². The molecule has 2 heterocycles. The third-order valence-corrected chi connectivity index (χ3v) is 6.12. The molecule has 1 N–H and O–H groups in total. The number of hydrogen-bond donors (Lipinski definition) is 1. The van der Waals surface area contributed by atoms with E-state index in [-0.39, 0.29) is 18.2 Å². The third-order valence-electron chi connectivity index (χ3n) is 5.79. The van der Waals surface area contributed by atoms with Gasteiger partial charge in [0.15, 0.2) is 5.76 Å². The van der Waals surface area contributed by atoms with Crippen LogP contribution < -0.4 is 5.32 Å². The normalized spacial score (nSPS) is 15.3. The van der Waals surface area contributed by atoms with Crippen LogP contribution in [0, 0.1) is 6.92 Å². The molecule has 3 aromatic rings. The Hall–Kier alpha value is -3.16. The van der Waals surface area contributed by atoms with Crippen LogP contribution in [0.3, 0.4) is 0 Å². The van der Waals surface area contributed by atoms with Gasteiger partial charge in [0.1, 0.15) is 0 Å². The van der Waals surface area contributed by atoms with Gasteiger partial charge in [0, 0.05) is 32.2 Å². The molecule has 0 radical (unpaired) electrons. The number of nitrogens with zero attached hydrogens (tertiary/aromatic N) is 3. The van der Waals surface area contributed by atoms with Crippen LogP contribution in [0.15, 0.2) is 65.2 Å². The number of hydrogen-bond acceptors (Lipinski definition) is 5. The zero-order valence-corrected chi connectivity index (χ0v) is 19.3. The number of benzene rings is 2. The largest absolute Gasteiger partial charge is 0.360 e. The van der Waals surface area contributed by atoms with Crippen molar-refractivity contribution >= 4 is 23.4 Å². The summed E-state index contributed by atoms with van der Waals surface area (Å²) >= 11 is 6.20. The molecule has 2 amide bonds. The number of nitrogens with one attached hydrogen (secondary N) is 1. The van der Waals surface area contributed by atoms with E-state index in [0.717, 1.165) is 30.1 Å². The van der Waals surface area contributed by atoms with Crippen LogP contribution in [0.25, 0.3) is 0 Å². The van der Waals surface area contributed by atoms with Crippen LogP contribution in [-0.2, 0) is 11.3 Å². The summed E-state index contributed by atoms with van der Waals surface area (Å²) in [5, 5.41) is 7.31. The van der Waals surface area contributed by atoms with E-state index in [1.165, 1.54) is 0 Å². The number of halogens is 1. The van der Waals surface area contributed by atoms with Gasteiger partial charge in [-0.05, 0) is 24.6 Å². The SMILES string of the molecule is Cc1cc(CN2CCN(C(=O)CC(NC(=O)c3ccccc3Cl)c3ccccc3)CC2)on1. The lowest BCUT2D eigenvalue weighted by atomic mass is 10.0. The standard InChI is InChI=1S/C25H27ClN4O3/c1-18-15-20(33-28-18)17-29-11-13-30(14-12-29)24(31)16-23(19-7-3-2-4-8-19)27-25(32)21-9-5-6-10-22(21)26/h2-10,15,23H,11-14,16-17H2,1H3,(H,27,32). The molecule has 0 bridgehead atoms. The van der Waals surface area contributed by atoms with E-state index in [4.69, 9.17) is 16.1 Å². The van der Waals surface area contributed by atoms with Crippen molar-refractivity contribution in [2.45, 2.75) is 25.9 Å². The van der Waals surface area contributed by atoms with Crippen molar-refractivity contribution in [3.05, 3.63) is 88.3 Å². The second-order valence-electron chi connectivity index (χ2n) is 8.21. The summed E-state index contributed by atoms with van der Waals surface area (Å²) in [6.07, 6.45) is 0.182. The summed E-state index contributed by atoms with van der Waals surface area (Å²) in [6, 6.07) is 17.9. The Labute approximate surface area is 198 Å².